The molecule has 2 aliphatic rings. The highest BCUT2D eigenvalue weighted by Crippen LogP contribution is 2.32. The molecule has 1 aromatic heterocycles. The van der Waals surface area contributed by atoms with Crippen LogP contribution in [-0.4, -0.2) is 22.6 Å². The van der Waals surface area contributed by atoms with Gasteiger partial charge in [-0.3, -0.25) is 0 Å². The first kappa shape index (κ1) is 14.1. The van der Waals surface area contributed by atoms with Gasteiger partial charge in [0.2, 0.25) is 0 Å². The van der Waals surface area contributed by atoms with Gasteiger partial charge in [-0.1, -0.05) is 25.7 Å². The summed E-state index contributed by atoms with van der Waals surface area (Å²) in [4.78, 5) is 4.88. The Balaban J connectivity index is 1.93. The lowest BCUT2D eigenvalue weighted by Crippen LogP contribution is -2.37. The molecule has 1 saturated carbocycles. The zero-order valence-electron chi connectivity index (χ0n) is 13.1. The molecule has 1 N–H and O–H groups in total. The highest BCUT2D eigenvalue weighted by atomic mass is 15.1. The molecule has 0 aliphatic heterocycles. The summed E-state index contributed by atoms with van der Waals surface area (Å²) in [5.41, 5.74) is 2.95. The van der Waals surface area contributed by atoms with Crippen LogP contribution in [0.3, 0.4) is 0 Å². The van der Waals surface area contributed by atoms with Gasteiger partial charge in [0.1, 0.15) is 5.82 Å². The maximum Gasteiger partial charge on any atom is 0.106 e. The molecule has 0 amide bonds. The average molecular weight is 275 g/mol. The van der Waals surface area contributed by atoms with Gasteiger partial charge in [-0.2, -0.15) is 0 Å². The number of rotatable bonds is 2. The van der Waals surface area contributed by atoms with E-state index >= 15 is 0 Å². The Morgan fingerprint density at radius 3 is 2.55 bits per heavy atom. The molecule has 2 atom stereocenters. The van der Waals surface area contributed by atoms with Crippen LogP contribution in [0.1, 0.15) is 74.6 Å². The summed E-state index contributed by atoms with van der Waals surface area (Å²) >= 11 is 0. The van der Waals surface area contributed by atoms with E-state index in [1.165, 1.54) is 75.7 Å². The molecule has 0 spiro atoms. The Hall–Kier alpha value is -0.830. The Kier molecular flexibility index (Phi) is 4.45. The van der Waals surface area contributed by atoms with Crippen LogP contribution >= 0.6 is 0 Å². The molecule has 2 aliphatic carbocycles. The number of hydrogen-bond acceptors (Lipinski definition) is 2. The monoisotopic (exact) mass is 275 g/mol. The van der Waals surface area contributed by atoms with E-state index in [1.807, 2.05) is 0 Å². The quantitative estimate of drug-likeness (QED) is 0.894. The molecule has 3 heteroatoms. The maximum absolute atomic E-state index is 4.88. The van der Waals surface area contributed by atoms with Crippen molar-refractivity contribution in [2.45, 2.75) is 83.2 Å². The number of nitrogens with one attached hydrogen (secondary N) is 1. The first-order chi connectivity index (χ1) is 9.81. The molecule has 3 nitrogen and oxygen atoms in total. The second-order valence-electron chi connectivity index (χ2n) is 6.58. The van der Waals surface area contributed by atoms with Gasteiger partial charge in [0, 0.05) is 11.7 Å². The number of imidazole rings is 1. The molecule has 0 radical (unpaired) electrons. The summed E-state index contributed by atoms with van der Waals surface area (Å²) in [6, 6.07) is 1.24. The van der Waals surface area contributed by atoms with Crippen LogP contribution in [0.4, 0.5) is 0 Å². The van der Waals surface area contributed by atoms with Crippen LogP contribution in [-0.2, 0) is 12.8 Å². The Morgan fingerprint density at radius 1 is 1.00 bits per heavy atom. The van der Waals surface area contributed by atoms with E-state index in [0.29, 0.717) is 12.1 Å². The number of fused-ring (bicyclic) bond motifs is 1. The number of aryl methyl sites for hydroxylation is 2. The van der Waals surface area contributed by atoms with Crippen LogP contribution in [0.25, 0.3) is 0 Å². The molecule has 1 aromatic rings. The lowest BCUT2D eigenvalue weighted by atomic mass is 9.91. The summed E-state index contributed by atoms with van der Waals surface area (Å²) in [6.07, 6.45) is 13.3. The summed E-state index contributed by atoms with van der Waals surface area (Å²) in [7, 11) is 2.14. The normalized spacial score (nSPS) is 27.7. The number of nitrogens with zero attached hydrogens (tertiary/aromatic N) is 2. The van der Waals surface area contributed by atoms with Gasteiger partial charge in [0.15, 0.2) is 0 Å². The third-order valence-corrected chi connectivity index (χ3v) is 5.28. The van der Waals surface area contributed by atoms with Crippen molar-refractivity contribution in [1.29, 1.82) is 0 Å². The van der Waals surface area contributed by atoms with E-state index < -0.39 is 0 Å². The van der Waals surface area contributed by atoms with Gasteiger partial charge in [0.05, 0.1) is 11.7 Å². The van der Waals surface area contributed by atoms with Gasteiger partial charge < -0.3 is 9.88 Å². The zero-order chi connectivity index (χ0) is 13.9. The molecule has 3 rings (SSSR count). The molecule has 1 fully saturated rings. The third kappa shape index (κ3) is 2.65. The fourth-order valence-electron chi connectivity index (χ4n) is 4.25. The predicted octanol–water partition coefficient (Wildman–Crippen LogP) is 3.55. The molecule has 20 heavy (non-hydrogen) atoms. The van der Waals surface area contributed by atoms with E-state index in [9.17, 15) is 0 Å². The minimum Gasteiger partial charge on any atom is -0.327 e. The summed E-state index contributed by atoms with van der Waals surface area (Å²) < 4.78 is 2.61. The number of likely N-dealkylation sites (N-methyl/N-ethyl adjacent to an activating group) is 1. The van der Waals surface area contributed by atoms with Crippen molar-refractivity contribution in [3.05, 3.63) is 17.2 Å². The SMILES string of the molecule is CNC1CCCCCCC1n1c(C)nc2c1CCCC2. The standard InChI is InChI=1S/C17H29N3/c1-13-19-15-10-7-8-12-17(15)20(13)16-11-6-4-3-5-9-14(16)18-2/h14,16,18H,3-12H2,1-2H3. The summed E-state index contributed by atoms with van der Waals surface area (Å²) in [5, 5.41) is 3.60. The van der Waals surface area contributed by atoms with Crippen molar-refractivity contribution in [3.8, 4) is 0 Å². The van der Waals surface area contributed by atoms with E-state index in [0.717, 1.165) is 0 Å². The third-order valence-electron chi connectivity index (χ3n) is 5.28. The lowest BCUT2D eigenvalue weighted by Gasteiger charge is -2.33. The second-order valence-corrected chi connectivity index (χ2v) is 6.58. The lowest BCUT2D eigenvalue weighted by molar-refractivity contribution is 0.286. The first-order valence-electron chi connectivity index (χ1n) is 8.55. The van der Waals surface area contributed by atoms with Crippen molar-refractivity contribution in [2.24, 2.45) is 0 Å². The van der Waals surface area contributed by atoms with Crippen LogP contribution in [0.15, 0.2) is 0 Å². The highest BCUT2D eigenvalue weighted by molar-refractivity contribution is 5.21. The molecule has 0 saturated heterocycles. The first-order valence-corrected chi connectivity index (χ1v) is 8.55. The van der Waals surface area contributed by atoms with Crippen molar-refractivity contribution in [1.82, 2.24) is 14.9 Å². The summed E-state index contributed by atoms with van der Waals surface area (Å²) in [6.45, 7) is 2.21. The minimum atomic E-state index is 0.620. The molecule has 0 aromatic carbocycles. The molecule has 0 bridgehead atoms. The minimum absolute atomic E-state index is 0.620. The van der Waals surface area contributed by atoms with E-state index in [1.54, 1.807) is 5.69 Å². The average Bonchev–Trinajstić information content (AvgIpc) is 2.75. The fraction of sp³-hybridized carbons (Fsp3) is 0.824. The predicted molar refractivity (Wildman–Crippen MR) is 83.2 cm³/mol. The Labute approximate surface area is 123 Å². The number of aromatic nitrogens is 2. The Morgan fingerprint density at radius 2 is 1.75 bits per heavy atom. The van der Waals surface area contributed by atoms with Crippen LogP contribution < -0.4 is 5.32 Å². The van der Waals surface area contributed by atoms with Crippen LogP contribution in [0.2, 0.25) is 0 Å². The number of hydrogen-bond donors (Lipinski definition) is 1. The maximum atomic E-state index is 4.88. The van der Waals surface area contributed by atoms with Gasteiger partial charge in [-0.05, 0) is 52.5 Å². The van der Waals surface area contributed by atoms with Gasteiger partial charge in [-0.15, -0.1) is 0 Å². The van der Waals surface area contributed by atoms with Gasteiger partial charge in [0.25, 0.3) is 0 Å². The van der Waals surface area contributed by atoms with E-state index in [-0.39, 0.29) is 0 Å². The van der Waals surface area contributed by atoms with Crippen LogP contribution in [0.5, 0.6) is 0 Å². The fourth-order valence-corrected chi connectivity index (χ4v) is 4.25. The molecule has 1 heterocycles. The van der Waals surface area contributed by atoms with Gasteiger partial charge >= 0.3 is 0 Å². The molecular weight excluding hydrogens is 246 g/mol. The largest absolute Gasteiger partial charge is 0.327 e. The smallest absolute Gasteiger partial charge is 0.106 e. The van der Waals surface area contributed by atoms with Crippen LogP contribution in [0, 0.1) is 6.92 Å². The molecule has 2 unspecified atom stereocenters. The van der Waals surface area contributed by atoms with E-state index in [4.69, 9.17) is 4.98 Å². The highest BCUT2D eigenvalue weighted by Gasteiger charge is 2.28. The summed E-state index contributed by atoms with van der Waals surface area (Å²) in [5.74, 6) is 1.25. The van der Waals surface area contributed by atoms with Gasteiger partial charge in [-0.25, -0.2) is 4.98 Å². The van der Waals surface area contributed by atoms with Crippen molar-refractivity contribution >= 4 is 0 Å². The van der Waals surface area contributed by atoms with Crippen molar-refractivity contribution in [3.63, 3.8) is 0 Å². The molecular formula is C17H29N3. The zero-order valence-corrected chi connectivity index (χ0v) is 13.1. The van der Waals surface area contributed by atoms with Crippen molar-refractivity contribution in [2.75, 3.05) is 7.05 Å². The molecule has 112 valence electrons. The van der Waals surface area contributed by atoms with E-state index in [2.05, 4.69) is 23.9 Å². The second kappa shape index (κ2) is 6.30. The van der Waals surface area contributed by atoms with Crippen molar-refractivity contribution < 1.29 is 0 Å². The Bertz CT molecular complexity index is 449. The topological polar surface area (TPSA) is 29.9 Å².